The van der Waals surface area contributed by atoms with Crippen LogP contribution in [-0.2, 0) is 33.6 Å². The molecule has 36 heavy (non-hydrogen) atoms. The lowest BCUT2D eigenvalue weighted by atomic mass is 10.1. The molecule has 192 valence electrons. The van der Waals surface area contributed by atoms with Crippen LogP contribution in [0.3, 0.4) is 0 Å². The Kier molecular flexibility index (Phi) is 7.74. The average molecular weight is 534 g/mol. The summed E-state index contributed by atoms with van der Waals surface area (Å²) in [6.45, 7) is 0. The minimum absolute atomic E-state index is 0.103. The molecule has 0 aliphatic rings. The first-order chi connectivity index (χ1) is 16.6. The molecule has 3 rings (SSSR count). The smallest absolute Gasteiger partial charge is 0.325 e. The summed E-state index contributed by atoms with van der Waals surface area (Å²) in [7, 11) is -4.43. The molecule has 0 spiro atoms. The van der Waals surface area contributed by atoms with Crippen molar-refractivity contribution in [3.63, 3.8) is 0 Å². The van der Waals surface area contributed by atoms with Gasteiger partial charge in [0.25, 0.3) is 0 Å². The van der Waals surface area contributed by atoms with Gasteiger partial charge in [-0.25, -0.2) is 12.8 Å². The quantitative estimate of drug-likeness (QED) is 0.399. The van der Waals surface area contributed by atoms with Crippen molar-refractivity contribution in [3.8, 4) is 0 Å². The van der Waals surface area contributed by atoms with Gasteiger partial charge in [0.2, 0.25) is 15.9 Å². The molecule has 1 atom stereocenters. The third-order valence-electron chi connectivity index (χ3n) is 4.88. The molecule has 0 unspecified atom stereocenters. The number of alkyl halides is 6. The van der Waals surface area contributed by atoms with Gasteiger partial charge in [-0.15, -0.1) is 0 Å². The van der Waals surface area contributed by atoms with Crippen molar-refractivity contribution in [2.75, 3.05) is 5.32 Å². The van der Waals surface area contributed by atoms with Crippen LogP contribution in [-0.4, -0.2) is 20.4 Å². The van der Waals surface area contributed by atoms with Crippen molar-refractivity contribution in [2.24, 2.45) is 0 Å². The summed E-state index contributed by atoms with van der Waals surface area (Å²) in [4.78, 5) is 12.5. The lowest BCUT2D eigenvalue weighted by molar-refractivity contribution is -0.143. The molecule has 5 nitrogen and oxygen atoms in total. The number of benzene rings is 3. The second-order valence-electron chi connectivity index (χ2n) is 7.60. The van der Waals surface area contributed by atoms with Crippen LogP contribution in [0.2, 0.25) is 0 Å². The Morgan fingerprint density at radius 1 is 0.806 bits per heavy atom. The molecule has 0 bridgehead atoms. The SMILES string of the molecule is O=C(Nc1cc(C(F)(F)F)cc(C(F)(F)F)c1)[C@@H](Cc1ccccc1)NS(=O)(=O)c1ccc(F)cc1. The predicted molar refractivity (Wildman–Crippen MR) is 116 cm³/mol. The van der Waals surface area contributed by atoms with Gasteiger partial charge in [0, 0.05) is 5.69 Å². The van der Waals surface area contributed by atoms with E-state index >= 15 is 0 Å². The van der Waals surface area contributed by atoms with Crippen LogP contribution in [0.4, 0.5) is 36.4 Å². The van der Waals surface area contributed by atoms with Crippen LogP contribution < -0.4 is 10.0 Å². The van der Waals surface area contributed by atoms with E-state index in [1.807, 2.05) is 5.32 Å². The van der Waals surface area contributed by atoms with E-state index in [0.29, 0.717) is 17.7 Å². The number of sulfonamides is 1. The molecule has 2 N–H and O–H groups in total. The number of hydrogen-bond donors (Lipinski definition) is 2. The summed E-state index contributed by atoms with van der Waals surface area (Å²) in [5, 5.41) is 1.94. The van der Waals surface area contributed by atoms with Gasteiger partial charge in [0.15, 0.2) is 0 Å². The summed E-state index contributed by atoms with van der Waals surface area (Å²) >= 11 is 0. The fraction of sp³-hybridized carbons (Fsp3) is 0.174. The second kappa shape index (κ2) is 10.3. The minimum atomic E-state index is -5.14. The van der Waals surface area contributed by atoms with E-state index in [4.69, 9.17) is 0 Å². The van der Waals surface area contributed by atoms with E-state index in [9.17, 15) is 43.9 Å². The zero-order valence-electron chi connectivity index (χ0n) is 18.0. The van der Waals surface area contributed by atoms with Crippen LogP contribution in [0.15, 0.2) is 77.7 Å². The third kappa shape index (κ3) is 7.04. The normalized spacial score (nSPS) is 13.3. The van der Waals surface area contributed by atoms with E-state index in [-0.39, 0.29) is 12.5 Å². The third-order valence-corrected chi connectivity index (χ3v) is 6.36. The summed E-state index contributed by atoms with van der Waals surface area (Å²) in [5.41, 5.74) is -3.70. The van der Waals surface area contributed by atoms with Gasteiger partial charge in [-0.05, 0) is 54.4 Å². The second-order valence-corrected chi connectivity index (χ2v) is 9.32. The number of rotatable bonds is 7. The molecule has 0 radical (unpaired) electrons. The van der Waals surface area contributed by atoms with Crippen molar-refractivity contribution in [1.82, 2.24) is 4.72 Å². The van der Waals surface area contributed by atoms with E-state index in [1.165, 1.54) is 0 Å². The number of amides is 1. The maximum Gasteiger partial charge on any atom is 0.416 e. The van der Waals surface area contributed by atoms with E-state index < -0.39 is 61.9 Å². The number of carbonyl (C=O) groups excluding carboxylic acids is 1. The van der Waals surface area contributed by atoms with E-state index in [2.05, 4.69) is 4.72 Å². The molecular weight excluding hydrogens is 517 g/mol. The lowest BCUT2D eigenvalue weighted by Gasteiger charge is -2.20. The van der Waals surface area contributed by atoms with Crippen LogP contribution in [0, 0.1) is 5.82 Å². The highest BCUT2D eigenvalue weighted by atomic mass is 32.2. The van der Waals surface area contributed by atoms with Gasteiger partial charge in [0.1, 0.15) is 11.9 Å². The monoisotopic (exact) mass is 534 g/mol. The van der Waals surface area contributed by atoms with Gasteiger partial charge >= 0.3 is 12.4 Å². The summed E-state index contributed by atoms with van der Waals surface area (Å²) in [5.74, 6) is -1.94. The van der Waals surface area contributed by atoms with Gasteiger partial charge in [-0.3, -0.25) is 4.79 Å². The van der Waals surface area contributed by atoms with Crippen LogP contribution >= 0.6 is 0 Å². The van der Waals surface area contributed by atoms with E-state index in [1.54, 1.807) is 30.3 Å². The fourth-order valence-corrected chi connectivity index (χ4v) is 4.36. The Hall–Kier alpha value is -3.45. The lowest BCUT2D eigenvalue weighted by Crippen LogP contribution is -2.45. The predicted octanol–water partition coefficient (Wildman–Crippen LogP) is 5.39. The standard InChI is InChI=1S/C23H17F7N2O3S/c24-17-6-8-19(9-7-17)36(34,35)32-20(10-14-4-2-1-3-5-14)21(33)31-18-12-15(22(25,26)27)11-16(13-18)23(28,29)30/h1-9,11-13,20,32H,10H2,(H,31,33)/t20-/m1/s1. The van der Waals surface area contributed by atoms with E-state index in [0.717, 1.165) is 24.3 Å². The molecule has 13 heteroatoms. The molecule has 0 fully saturated rings. The largest absolute Gasteiger partial charge is 0.416 e. The highest BCUT2D eigenvalue weighted by Gasteiger charge is 2.37. The Labute approximate surface area is 201 Å². The Morgan fingerprint density at radius 3 is 1.83 bits per heavy atom. The first-order valence-electron chi connectivity index (χ1n) is 10.1. The van der Waals surface area contributed by atoms with Crippen LogP contribution in [0.5, 0.6) is 0 Å². The van der Waals surface area contributed by atoms with Crippen LogP contribution in [0.1, 0.15) is 16.7 Å². The molecule has 0 saturated heterocycles. The Morgan fingerprint density at radius 2 is 1.33 bits per heavy atom. The molecule has 0 aliphatic carbocycles. The molecule has 0 aliphatic heterocycles. The molecule has 0 saturated carbocycles. The summed E-state index contributed by atoms with van der Waals surface area (Å²) in [6, 6.07) is 10.3. The summed E-state index contributed by atoms with van der Waals surface area (Å²) in [6.07, 6.45) is -10.6. The van der Waals surface area contributed by atoms with Gasteiger partial charge in [-0.1, -0.05) is 30.3 Å². The number of hydrogen-bond acceptors (Lipinski definition) is 3. The van der Waals surface area contributed by atoms with Gasteiger partial charge < -0.3 is 5.32 Å². The molecule has 0 heterocycles. The first kappa shape index (κ1) is 27.1. The zero-order valence-corrected chi connectivity index (χ0v) is 18.8. The zero-order chi connectivity index (χ0) is 26.7. The van der Waals surface area contributed by atoms with Crippen molar-refractivity contribution >= 4 is 21.6 Å². The molecule has 3 aromatic carbocycles. The maximum atomic E-state index is 13.2. The fourth-order valence-electron chi connectivity index (χ4n) is 3.16. The minimum Gasteiger partial charge on any atom is -0.325 e. The van der Waals surface area contributed by atoms with Gasteiger partial charge in [0.05, 0.1) is 16.0 Å². The Bertz CT molecular complexity index is 1290. The number of halogens is 7. The topological polar surface area (TPSA) is 75.3 Å². The molecule has 3 aromatic rings. The molecule has 0 aromatic heterocycles. The van der Waals surface area contributed by atoms with Crippen molar-refractivity contribution in [1.29, 1.82) is 0 Å². The molecular formula is C23H17F7N2O3S. The first-order valence-corrected chi connectivity index (χ1v) is 11.6. The maximum absolute atomic E-state index is 13.2. The van der Waals surface area contributed by atoms with Crippen molar-refractivity contribution in [2.45, 2.75) is 29.7 Å². The number of carbonyl (C=O) groups is 1. The Balaban J connectivity index is 1.96. The van der Waals surface area contributed by atoms with Crippen molar-refractivity contribution < 1.29 is 43.9 Å². The molecule has 1 amide bonds. The summed E-state index contributed by atoms with van der Waals surface area (Å²) < 4.78 is 120. The average Bonchev–Trinajstić information content (AvgIpc) is 2.78. The van der Waals surface area contributed by atoms with Crippen molar-refractivity contribution in [3.05, 3.63) is 95.3 Å². The highest BCUT2D eigenvalue weighted by Crippen LogP contribution is 2.37. The number of anilines is 1. The highest BCUT2D eigenvalue weighted by molar-refractivity contribution is 7.89. The number of nitrogens with one attached hydrogen (secondary N) is 2. The van der Waals surface area contributed by atoms with Crippen LogP contribution in [0.25, 0.3) is 0 Å². The van der Waals surface area contributed by atoms with Gasteiger partial charge in [-0.2, -0.15) is 31.1 Å².